The molecule has 2 aliphatic heterocycles. The monoisotopic (exact) mass is 411 g/mol. The van der Waals surface area contributed by atoms with Crippen LogP contribution in [-0.4, -0.2) is 53.0 Å². The van der Waals surface area contributed by atoms with E-state index in [0.29, 0.717) is 17.4 Å². The van der Waals surface area contributed by atoms with E-state index in [1.807, 2.05) is 0 Å². The van der Waals surface area contributed by atoms with E-state index in [1.54, 1.807) is 18.3 Å². The Bertz CT molecular complexity index is 860. The Morgan fingerprint density at radius 3 is 3.03 bits per heavy atom. The van der Waals surface area contributed by atoms with Crippen LogP contribution in [0.15, 0.2) is 18.3 Å². The number of likely N-dealkylation sites (N-methyl/N-ethyl adjacent to an activating group) is 1. The largest absolute Gasteiger partial charge is 0.354 e. The highest BCUT2D eigenvalue weighted by Crippen LogP contribution is 2.58. The van der Waals surface area contributed by atoms with Crippen LogP contribution in [0, 0.1) is 17.3 Å². The second kappa shape index (κ2) is 7.22. The van der Waals surface area contributed by atoms with Crippen LogP contribution in [0.25, 0.3) is 0 Å². The molecule has 162 valence electrons. The Labute approximate surface area is 178 Å². The summed E-state index contributed by atoms with van der Waals surface area (Å²) in [7, 11) is 0. The van der Waals surface area contributed by atoms with Gasteiger partial charge in [-0.25, -0.2) is 4.98 Å². The Morgan fingerprint density at radius 1 is 1.37 bits per heavy atom. The number of nitrogens with one attached hydrogen (secondary N) is 3. The third-order valence-electron chi connectivity index (χ3n) is 8.27. The molecule has 0 aromatic carbocycles. The summed E-state index contributed by atoms with van der Waals surface area (Å²) in [6.07, 6.45) is 7.72. The van der Waals surface area contributed by atoms with Crippen LogP contribution < -0.4 is 16.0 Å². The van der Waals surface area contributed by atoms with E-state index < -0.39 is 5.66 Å². The van der Waals surface area contributed by atoms with E-state index in [9.17, 15) is 9.59 Å². The molecular formula is C23H33N5O2. The number of pyridine rings is 1. The van der Waals surface area contributed by atoms with Gasteiger partial charge in [0.1, 0.15) is 11.5 Å². The van der Waals surface area contributed by atoms with Crippen LogP contribution in [0.3, 0.4) is 0 Å². The van der Waals surface area contributed by atoms with E-state index in [4.69, 9.17) is 0 Å². The van der Waals surface area contributed by atoms with Crippen LogP contribution in [-0.2, 0) is 4.79 Å². The molecule has 0 unspecified atom stereocenters. The van der Waals surface area contributed by atoms with Gasteiger partial charge in [-0.2, -0.15) is 0 Å². The zero-order valence-electron chi connectivity index (χ0n) is 18.0. The molecule has 3 N–H and O–H groups in total. The maximum atomic E-state index is 13.2. The fourth-order valence-electron chi connectivity index (χ4n) is 6.61. The Kier molecular flexibility index (Phi) is 4.76. The second-order valence-electron chi connectivity index (χ2n) is 9.97. The van der Waals surface area contributed by atoms with Crippen LogP contribution in [0.2, 0.25) is 0 Å². The summed E-state index contributed by atoms with van der Waals surface area (Å²) in [4.78, 5) is 32.9. The molecular weight excluding hydrogens is 378 g/mol. The SMILES string of the molecule is CCN1CCC[C@@H]1CNC(=O)[C@@H]1C[C@H]2CC[C@@]1(C)C[C@]21NC(=O)c2cccnc2N1. The molecule has 2 bridgehead atoms. The van der Waals surface area contributed by atoms with Gasteiger partial charge in [0.25, 0.3) is 5.91 Å². The lowest BCUT2D eigenvalue weighted by Gasteiger charge is -2.60. The van der Waals surface area contributed by atoms with Gasteiger partial charge < -0.3 is 16.0 Å². The first-order valence-corrected chi connectivity index (χ1v) is 11.5. The number of rotatable bonds is 4. The zero-order chi connectivity index (χ0) is 20.9. The number of amides is 2. The van der Waals surface area contributed by atoms with Crippen molar-refractivity contribution in [2.24, 2.45) is 17.3 Å². The number of anilines is 1. The number of carbonyl (C=O) groups is 2. The summed E-state index contributed by atoms with van der Waals surface area (Å²) in [5, 5.41) is 10.1. The minimum atomic E-state index is -0.493. The van der Waals surface area contributed by atoms with E-state index >= 15 is 0 Å². The number of carbonyl (C=O) groups excluding carboxylic acids is 2. The Morgan fingerprint density at radius 2 is 2.23 bits per heavy atom. The second-order valence-corrected chi connectivity index (χ2v) is 9.97. The lowest BCUT2D eigenvalue weighted by Crippen LogP contribution is -2.70. The summed E-state index contributed by atoms with van der Waals surface area (Å²) in [5.74, 6) is 1.03. The fraction of sp³-hybridized carbons (Fsp3) is 0.696. The molecule has 3 heterocycles. The number of nitrogens with zero attached hydrogens (tertiary/aromatic N) is 2. The smallest absolute Gasteiger partial charge is 0.256 e. The molecule has 30 heavy (non-hydrogen) atoms. The van der Waals surface area contributed by atoms with Crippen LogP contribution in [0.1, 0.15) is 62.7 Å². The van der Waals surface area contributed by atoms with Gasteiger partial charge >= 0.3 is 0 Å². The number of hydrogen-bond donors (Lipinski definition) is 3. The zero-order valence-corrected chi connectivity index (χ0v) is 18.0. The molecule has 2 amide bonds. The number of hydrogen-bond acceptors (Lipinski definition) is 5. The van der Waals surface area contributed by atoms with Gasteiger partial charge in [0.05, 0.1) is 5.56 Å². The minimum absolute atomic E-state index is 0.00202. The molecule has 5 atom stereocenters. The standard InChI is InChI=1S/C23H33N5O2/c1-3-28-11-5-6-16(28)13-25-21(30)18-12-15-8-9-22(18,2)14-23(15)26-19-17(20(29)27-23)7-4-10-24-19/h4,7,10,15-16,18H,3,5-6,8-9,11-14H2,1-2H3,(H,24,26)(H,25,30)(H,27,29)/t15-,16-,18+,22+,23+/m1/s1. The third kappa shape index (κ3) is 3.09. The predicted octanol–water partition coefficient (Wildman–Crippen LogP) is 2.36. The first-order valence-electron chi connectivity index (χ1n) is 11.5. The fourth-order valence-corrected chi connectivity index (χ4v) is 6.61. The lowest BCUT2D eigenvalue weighted by molar-refractivity contribution is -0.139. The van der Waals surface area contributed by atoms with E-state index in [-0.39, 0.29) is 29.1 Å². The average Bonchev–Trinajstić information content (AvgIpc) is 3.19. The molecule has 3 aliphatic carbocycles. The number of aromatic nitrogens is 1. The van der Waals surface area contributed by atoms with E-state index in [1.165, 1.54) is 12.8 Å². The lowest BCUT2D eigenvalue weighted by atomic mass is 9.51. The van der Waals surface area contributed by atoms with Gasteiger partial charge in [-0.15, -0.1) is 0 Å². The molecule has 7 nitrogen and oxygen atoms in total. The maximum absolute atomic E-state index is 13.2. The van der Waals surface area contributed by atoms with Gasteiger partial charge in [0.2, 0.25) is 5.91 Å². The highest BCUT2D eigenvalue weighted by Gasteiger charge is 2.60. The van der Waals surface area contributed by atoms with Crippen LogP contribution in [0.4, 0.5) is 5.82 Å². The van der Waals surface area contributed by atoms with Crippen molar-refractivity contribution in [1.29, 1.82) is 0 Å². The highest BCUT2D eigenvalue weighted by atomic mass is 16.2. The molecule has 1 aromatic rings. The molecule has 7 heteroatoms. The topological polar surface area (TPSA) is 86.4 Å². The quantitative estimate of drug-likeness (QED) is 0.708. The third-order valence-corrected chi connectivity index (χ3v) is 8.27. The molecule has 4 fully saturated rings. The summed E-state index contributed by atoms with van der Waals surface area (Å²) in [5.41, 5.74) is -0.0286. The molecule has 5 aliphatic rings. The predicted molar refractivity (Wildman–Crippen MR) is 115 cm³/mol. The summed E-state index contributed by atoms with van der Waals surface area (Å²) >= 11 is 0. The number of fused-ring (bicyclic) bond motifs is 3. The first-order chi connectivity index (χ1) is 14.4. The van der Waals surface area contributed by atoms with Crippen LogP contribution in [0.5, 0.6) is 0 Å². The van der Waals surface area contributed by atoms with Gasteiger partial charge in [-0.05, 0) is 69.2 Å². The summed E-state index contributed by atoms with van der Waals surface area (Å²) < 4.78 is 0. The van der Waals surface area contributed by atoms with Crippen molar-refractivity contribution in [1.82, 2.24) is 20.5 Å². The van der Waals surface area contributed by atoms with Crippen molar-refractivity contribution in [3.63, 3.8) is 0 Å². The van der Waals surface area contributed by atoms with Crippen molar-refractivity contribution in [2.45, 2.75) is 64.1 Å². The van der Waals surface area contributed by atoms with Crippen LogP contribution >= 0.6 is 0 Å². The van der Waals surface area contributed by atoms with Crippen molar-refractivity contribution in [2.75, 3.05) is 25.0 Å². The molecule has 1 aromatic heterocycles. The van der Waals surface area contributed by atoms with Crippen molar-refractivity contribution in [3.05, 3.63) is 23.9 Å². The number of likely N-dealkylation sites (tertiary alicyclic amines) is 1. The summed E-state index contributed by atoms with van der Waals surface area (Å²) in [6, 6.07) is 4.07. The molecule has 6 rings (SSSR count). The Balaban J connectivity index is 1.31. The van der Waals surface area contributed by atoms with Gasteiger partial charge in [-0.1, -0.05) is 13.8 Å². The summed E-state index contributed by atoms with van der Waals surface area (Å²) in [6.45, 7) is 7.36. The normalized spacial score (nSPS) is 37.5. The molecule has 1 saturated heterocycles. The van der Waals surface area contributed by atoms with E-state index in [2.05, 4.69) is 39.7 Å². The van der Waals surface area contributed by atoms with Gasteiger partial charge in [-0.3, -0.25) is 14.5 Å². The molecule has 1 spiro atoms. The highest BCUT2D eigenvalue weighted by molar-refractivity contribution is 6.01. The molecule has 3 saturated carbocycles. The van der Waals surface area contributed by atoms with Crippen molar-refractivity contribution < 1.29 is 9.59 Å². The molecule has 0 radical (unpaired) electrons. The maximum Gasteiger partial charge on any atom is 0.256 e. The van der Waals surface area contributed by atoms with Crippen molar-refractivity contribution in [3.8, 4) is 0 Å². The van der Waals surface area contributed by atoms with E-state index in [0.717, 1.165) is 45.3 Å². The first kappa shape index (κ1) is 19.8. The Hall–Kier alpha value is -2.15. The van der Waals surface area contributed by atoms with Gasteiger partial charge in [0.15, 0.2) is 0 Å². The average molecular weight is 412 g/mol. The van der Waals surface area contributed by atoms with Crippen molar-refractivity contribution >= 4 is 17.6 Å². The van der Waals surface area contributed by atoms with Gasteiger partial charge in [0, 0.05) is 30.6 Å². The minimum Gasteiger partial charge on any atom is -0.354 e.